The number of ether oxygens (including phenoxy) is 2. The molecule has 5 nitrogen and oxygen atoms in total. The van der Waals surface area contributed by atoms with Crippen molar-refractivity contribution in [2.75, 3.05) is 46.9 Å². The maximum Gasteiger partial charge on any atom is 0.169 e. The summed E-state index contributed by atoms with van der Waals surface area (Å²) in [7, 11) is 3.30. The quantitative estimate of drug-likeness (QED) is 0.496. The van der Waals surface area contributed by atoms with Gasteiger partial charge in [0.25, 0.3) is 0 Å². The third kappa shape index (κ3) is 4.13. The monoisotopic (exact) mass is 272 g/mol. The molecule has 0 radical (unpaired) electrons. The summed E-state index contributed by atoms with van der Waals surface area (Å²) >= 11 is 0. The molecular weight excluding hydrogens is 244 g/mol. The van der Waals surface area contributed by atoms with Crippen LogP contribution in [0.25, 0.3) is 0 Å². The van der Waals surface area contributed by atoms with Crippen LogP contribution in [0.5, 0.6) is 0 Å². The molecular formula is C14H28N2O3. The predicted octanol–water partition coefficient (Wildman–Crippen LogP) is 0.432. The summed E-state index contributed by atoms with van der Waals surface area (Å²) in [6, 6.07) is 0. The van der Waals surface area contributed by atoms with Gasteiger partial charge in [-0.3, -0.25) is 0 Å². The van der Waals surface area contributed by atoms with Crippen LogP contribution in [0.4, 0.5) is 0 Å². The minimum absolute atomic E-state index is 0.0967. The van der Waals surface area contributed by atoms with Gasteiger partial charge in [-0.1, -0.05) is 0 Å². The fraction of sp³-hybridized carbons (Fsp3) is 1.00. The Morgan fingerprint density at radius 2 is 2.05 bits per heavy atom. The molecule has 2 fully saturated rings. The number of rotatable bonds is 8. The smallest absolute Gasteiger partial charge is 0.169 e. The molecule has 2 aliphatic rings. The summed E-state index contributed by atoms with van der Waals surface area (Å²) < 4.78 is 10.2. The van der Waals surface area contributed by atoms with Crippen LogP contribution in [0.3, 0.4) is 0 Å². The fourth-order valence-electron chi connectivity index (χ4n) is 2.93. The zero-order chi connectivity index (χ0) is 13.7. The van der Waals surface area contributed by atoms with Crippen molar-refractivity contribution in [1.29, 1.82) is 0 Å². The number of nitrogens with zero attached hydrogens (tertiary/aromatic N) is 1. The molecule has 112 valence electrons. The van der Waals surface area contributed by atoms with Gasteiger partial charge in [-0.25, -0.2) is 0 Å². The van der Waals surface area contributed by atoms with Crippen molar-refractivity contribution in [3.8, 4) is 0 Å². The van der Waals surface area contributed by atoms with Crippen molar-refractivity contribution in [2.24, 2.45) is 5.41 Å². The molecule has 1 heterocycles. The topological polar surface area (TPSA) is 54.0 Å². The molecule has 2 rings (SSSR count). The van der Waals surface area contributed by atoms with E-state index in [9.17, 15) is 5.11 Å². The first-order chi connectivity index (χ1) is 9.20. The maximum atomic E-state index is 10.1. The number of aliphatic hydroxyl groups excluding tert-OH is 1. The number of methoxy groups -OCH3 is 2. The Kier molecular flexibility index (Phi) is 5.59. The van der Waals surface area contributed by atoms with Crippen molar-refractivity contribution in [1.82, 2.24) is 10.2 Å². The average Bonchev–Trinajstić information content (AvgIpc) is 3.19. The Hall–Kier alpha value is -0.200. The molecule has 0 aromatic rings. The Labute approximate surface area is 116 Å². The number of β-amino-alcohol motifs (C(OH)–C–C–N with tert-alkyl or cyclic N) is 1. The van der Waals surface area contributed by atoms with Crippen LogP contribution < -0.4 is 5.32 Å². The summed E-state index contributed by atoms with van der Waals surface area (Å²) in [5, 5.41) is 13.4. The lowest BCUT2D eigenvalue weighted by Crippen LogP contribution is -2.45. The second kappa shape index (κ2) is 6.99. The molecule has 1 atom stereocenters. The summed E-state index contributed by atoms with van der Waals surface area (Å²) in [4.78, 5) is 2.39. The Morgan fingerprint density at radius 1 is 1.32 bits per heavy atom. The van der Waals surface area contributed by atoms with Gasteiger partial charge in [-0.2, -0.15) is 0 Å². The lowest BCUT2D eigenvalue weighted by atomic mass is 9.90. The summed E-state index contributed by atoms with van der Waals surface area (Å²) in [5.41, 5.74) is 0.318. The second-order valence-corrected chi connectivity index (χ2v) is 5.89. The number of aliphatic hydroxyl groups is 1. The highest BCUT2D eigenvalue weighted by Crippen LogP contribution is 2.53. The molecule has 0 amide bonds. The summed E-state index contributed by atoms with van der Waals surface area (Å²) in [5.74, 6) is 0. The Bertz CT molecular complexity index is 267. The summed E-state index contributed by atoms with van der Waals surface area (Å²) in [6.45, 7) is 4.75. The predicted molar refractivity (Wildman–Crippen MR) is 74.0 cm³/mol. The van der Waals surface area contributed by atoms with Gasteiger partial charge in [0.15, 0.2) is 6.29 Å². The van der Waals surface area contributed by atoms with E-state index in [0.717, 1.165) is 39.1 Å². The SMILES string of the molecule is COC(CNCCCN1CCC2(CC2)C(O)C1)OC. The molecule has 0 aromatic heterocycles. The number of hydrogen-bond donors (Lipinski definition) is 2. The molecule has 1 aliphatic carbocycles. The summed E-state index contributed by atoms with van der Waals surface area (Å²) in [6.07, 6.45) is 4.49. The fourth-order valence-corrected chi connectivity index (χ4v) is 2.93. The van der Waals surface area contributed by atoms with E-state index in [4.69, 9.17) is 9.47 Å². The average molecular weight is 272 g/mol. The van der Waals surface area contributed by atoms with E-state index >= 15 is 0 Å². The van der Waals surface area contributed by atoms with Gasteiger partial charge in [-0.15, -0.1) is 0 Å². The van der Waals surface area contributed by atoms with Gasteiger partial charge < -0.3 is 24.8 Å². The highest BCUT2D eigenvalue weighted by Gasteiger charge is 2.50. The first-order valence-corrected chi connectivity index (χ1v) is 7.37. The van der Waals surface area contributed by atoms with E-state index in [1.807, 2.05) is 0 Å². The molecule has 0 bridgehead atoms. The standard InChI is InChI=1S/C14H28N2O3/c1-18-13(19-2)10-15-7-3-8-16-9-6-14(4-5-14)12(17)11-16/h12-13,15,17H,3-11H2,1-2H3. The number of likely N-dealkylation sites (tertiary alicyclic amines) is 1. The number of piperidine rings is 1. The van der Waals surface area contributed by atoms with E-state index in [2.05, 4.69) is 10.2 Å². The molecule has 19 heavy (non-hydrogen) atoms. The van der Waals surface area contributed by atoms with Crippen LogP contribution in [0.2, 0.25) is 0 Å². The molecule has 0 aromatic carbocycles. The second-order valence-electron chi connectivity index (χ2n) is 5.89. The zero-order valence-corrected chi connectivity index (χ0v) is 12.2. The van der Waals surface area contributed by atoms with Crippen LogP contribution in [0.1, 0.15) is 25.7 Å². The largest absolute Gasteiger partial charge is 0.391 e. The minimum Gasteiger partial charge on any atom is -0.391 e. The van der Waals surface area contributed by atoms with Gasteiger partial charge in [0.05, 0.1) is 6.10 Å². The Balaban J connectivity index is 1.52. The molecule has 1 saturated carbocycles. The molecule has 1 aliphatic heterocycles. The van der Waals surface area contributed by atoms with Crippen molar-refractivity contribution >= 4 is 0 Å². The molecule has 1 saturated heterocycles. The van der Waals surface area contributed by atoms with Crippen molar-refractivity contribution in [3.63, 3.8) is 0 Å². The normalized spacial score (nSPS) is 26.2. The van der Waals surface area contributed by atoms with Crippen LogP contribution in [0.15, 0.2) is 0 Å². The highest BCUT2D eigenvalue weighted by atomic mass is 16.7. The first kappa shape index (κ1) is 15.2. The van der Waals surface area contributed by atoms with E-state index in [1.165, 1.54) is 19.3 Å². The van der Waals surface area contributed by atoms with Crippen LogP contribution in [-0.2, 0) is 9.47 Å². The van der Waals surface area contributed by atoms with Crippen molar-refractivity contribution in [3.05, 3.63) is 0 Å². The van der Waals surface area contributed by atoms with Gasteiger partial charge in [0.2, 0.25) is 0 Å². The Morgan fingerprint density at radius 3 is 2.63 bits per heavy atom. The zero-order valence-electron chi connectivity index (χ0n) is 12.2. The molecule has 1 spiro atoms. The number of nitrogens with one attached hydrogen (secondary N) is 1. The molecule has 1 unspecified atom stereocenters. The van der Waals surface area contributed by atoms with Gasteiger partial charge in [0.1, 0.15) is 0 Å². The maximum absolute atomic E-state index is 10.1. The molecule has 5 heteroatoms. The van der Waals surface area contributed by atoms with E-state index in [-0.39, 0.29) is 12.4 Å². The highest BCUT2D eigenvalue weighted by molar-refractivity contribution is 5.02. The first-order valence-electron chi connectivity index (χ1n) is 7.37. The van der Waals surface area contributed by atoms with Crippen molar-refractivity contribution < 1.29 is 14.6 Å². The van der Waals surface area contributed by atoms with E-state index in [0.29, 0.717) is 5.41 Å². The van der Waals surface area contributed by atoms with Crippen molar-refractivity contribution in [2.45, 2.75) is 38.1 Å². The van der Waals surface area contributed by atoms with Crippen LogP contribution in [0, 0.1) is 5.41 Å². The van der Waals surface area contributed by atoms with Gasteiger partial charge in [-0.05, 0) is 50.7 Å². The van der Waals surface area contributed by atoms with E-state index in [1.54, 1.807) is 14.2 Å². The minimum atomic E-state index is -0.161. The van der Waals surface area contributed by atoms with Gasteiger partial charge >= 0.3 is 0 Å². The van der Waals surface area contributed by atoms with Crippen LogP contribution >= 0.6 is 0 Å². The number of hydrogen-bond acceptors (Lipinski definition) is 5. The molecule has 2 N–H and O–H groups in total. The third-order valence-electron chi connectivity index (χ3n) is 4.62. The van der Waals surface area contributed by atoms with E-state index < -0.39 is 0 Å². The van der Waals surface area contributed by atoms with Crippen LogP contribution in [-0.4, -0.2) is 69.3 Å². The van der Waals surface area contributed by atoms with Gasteiger partial charge in [0, 0.05) is 27.3 Å². The third-order valence-corrected chi connectivity index (χ3v) is 4.62. The lowest BCUT2D eigenvalue weighted by molar-refractivity contribution is -0.0987. The lowest BCUT2D eigenvalue weighted by Gasteiger charge is -2.36.